The van der Waals surface area contributed by atoms with Crippen LogP contribution in [0.2, 0.25) is 0 Å². The number of carbonyl (C=O) groups is 1. The summed E-state index contributed by atoms with van der Waals surface area (Å²) in [6.45, 7) is 12.3. The van der Waals surface area contributed by atoms with E-state index in [0.717, 1.165) is 43.3 Å². The molecule has 0 bridgehead atoms. The van der Waals surface area contributed by atoms with Crippen molar-refractivity contribution in [2.24, 2.45) is 0 Å². The Morgan fingerprint density at radius 1 is 1.08 bits per heavy atom. The predicted octanol–water partition coefficient (Wildman–Crippen LogP) is 5.34. The van der Waals surface area contributed by atoms with Crippen molar-refractivity contribution in [1.82, 2.24) is 4.98 Å². The fourth-order valence-electron chi connectivity index (χ4n) is 3.90. The lowest BCUT2D eigenvalue weighted by Crippen LogP contribution is -2.56. The van der Waals surface area contributed by atoms with Crippen LogP contribution >= 0.6 is 11.3 Å². The van der Waals surface area contributed by atoms with Crippen LogP contribution in [0.15, 0.2) is 24.3 Å². The Hall–Kier alpha value is -2.40. The van der Waals surface area contributed by atoms with Crippen LogP contribution in [-0.4, -0.2) is 16.6 Å². The second-order valence-electron chi connectivity index (χ2n) is 7.68. The molecule has 0 radical (unpaired) electrons. The summed E-state index contributed by atoms with van der Waals surface area (Å²) in [5.41, 5.74) is 5.76. The molecule has 1 aliphatic rings. The molecule has 26 heavy (non-hydrogen) atoms. The van der Waals surface area contributed by atoms with Gasteiger partial charge in [0.2, 0.25) is 0 Å². The molecule has 0 atom stereocenters. The quantitative estimate of drug-likeness (QED) is 0.633. The number of pyridine rings is 1. The first-order chi connectivity index (χ1) is 12.2. The van der Waals surface area contributed by atoms with Gasteiger partial charge in [-0.15, -0.1) is 11.3 Å². The summed E-state index contributed by atoms with van der Waals surface area (Å²) in [6.07, 6.45) is 0. The fourth-order valence-corrected chi connectivity index (χ4v) is 5.08. The predicted molar refractivity (Wildman–Crippen MR) is 110 cm³/mol. The second-order valence-corrected chi connectivity index (χ2v) is 8.68. The number of rotatable bonds is 1. The molecule has 3 heterocycles. The van der Waals surface area contributed by atoms with Gasteiger partial charge in [-0.1, -0.05) is 17.7 Å². The van der Waals surface area contributed by atoms with Crippen LogP contribution in [0.5, 0.6) is 0 Å². The molecule has 1 aromatic carbocycles. The number of amides is 1. The van der Waals surface area contributed by atoms with E-state index in [-0.39, 0.29) is 5.91 Å². The van der Waals surface area contributed by atoms with Gasteiger partial charge in [-0.3, -0.25) is 9.69 Å². The van der Waals surface area contributed by atoms with Gasteiger partial charge < -0.3 is 5.32 Å². The van der Waals surface area contributed by atoms with Crippen molar-refractivity contribution in [1.29, 1.82) is 0 Å². The third kappa shape index (κ3) is 2.42. The maximum atomic E-state index is 13.5. The second kappa shape index (κ2) is 5.55. The number of anilines is 2. The largest absolute Gasteiger partial charge is 0.361 e. The zero-order valence-electron chi connectivity index (χ0n) is 16.0. The molecule has 4 rings (SSSR count). The number of hydrogen-bond acceptors (Lipinski definition) is 4. The lowest BCUT2D eigenvalue weighted by Gasteiger charge is -2.43. The summed E-state index contributed by atoms with van der Waals surface area (Å²) < 4.78 is 0. The minimum absolute atomic E-state index is 0.0377. The Labute approximate surface area is 157 Å². The molecule has 5 heteroatoms. The van der Waals surface area contributed by atoms with E-state index in [0.29, 0.717) is 0 Å². The highest BCUT2D eigenvalue weighted by atomic mass is 32.1. The van der Waals surface area contributed by atoms with E-state index in [4.69, 9.17) is 0 Å². The van der Waals surface area contributed by atoms with E-state index < -0.39 is 5.66 Å². The van der Waals surface area contributed by atoms with Crippen molar-refractivity contribution in [2.45, 2.75) is 47.2 Å². The average molecular weight is 366 g/mol. The first-order valence-electron chi connectivity index (χ1n) is 8.80. The van der Waals surface area contributed by atoms with Crippen molar-refractivity contribution in [3.05, 3.63) is 51.5 Å². The molecule has 0 spiro atoms. The molecule has 0 unspecified atom stereocenters. The van der Waals surface area contributed by atoms with E-state index in [9.17, 15) is 4.79 Å². The number of thiophene rings is 1. The standard InChI is InChI=1S/C21H23N3OS/c1-11-7-8-15(12(2)9-11)24-20(25)18-17(23-21(24,5)6)16-13(3)10-14(4)22-19(16)26-18/h7-10,23H,1-6H3. The normalized spacial score (nSPS) is 15.9. The van der Waals surface area contributed by atoms with Gasteiger partial charge in [0.1, 0.15) is 15.4 Å². The van der Waals surface area contributed by atoms with Gasteiger partial charge in [0.25, 0.3) is 5.91 Å². The van der Waals surface area contributed by atoms with Crippen LogP contribution in [0.1, 0.15) is 45.9 Å². The van der Waals surface area contributed by atoms with Crippen LogP contribution < -0.4 is 10.2 Å². The molecule has 4 nitrogen and oxygen atoms in total. The molecular weight excluding hydrogens is 342 g/mol. The Kier molecular flexibility index (Phi) is 3.63. The topological polar surface area (TPSA) is 45.2 Å². The Bertz CT molecular complexity index is 1060. The average Bonchev–Trinajstić information content (AvgIpc) is 2.87. The minimum Gasteiger partial charge on any atom is -0.361 e. The molecule has 1 aliphatic heterocycles. The summed E-state index contributed by atoms with van der Waals surface area (Å²) in [4.78, 5) is 21.7. The van der Waals surface area contributed by atoms with Gasteiger partial charge >= 0.3 is 0 Å². The summed E-state index contributed by atoms with van der Waals surface area (Å²) in [5.74, 6) is 0.0377. The summed E-state index contributed by atoms with van der Waals surface area (Å²) in [5, 5.41) is 4.68. The lowest BCUT2D eigenvalue weighted by molar-refractivity contribution is 0.0965. The minimum atomic E-state index is -0.532. The molecule has 0 saturated heterocycles. The number of aromatic nitrogens is 1. The zero-order valence-corrected chi connectivity index (χ0v) is 16.8. The van der Waals surface area contributed by atoms with Crippen molar-refractivity contribution in [3.63, 3.8) is 0 Å². The van der Waals surface area contributed by atoms with E-state index in [1.807, 2.05) is 31.7 Å². The van der Waals surface area contributed by atoms with Crippen LogP contribution in [0, 0.1) is 27.7 Å². The highest BCUT2D eigenvalue weighted by Crippen LogP contribution is 2.45. The van der Waals surface area contributed by atoms with E-state index in [1.54, 1.807) is 0 Å². The first-order valence-corrected chi connectivity index (χ1v) is 9.61. The molecule has 0 saturated carbocycles. The number of nitrogens with one attached hydrogen (secondary N) is 1. The third-order valence-corrected chi connectivity index (χ3v) is 6.04. The highest BCUT2D eigenvalue weighted by molar-refractivity contribution is 7.21. The molecule has 1 N–H and O–H groups in total. The highest BCUT2D eigenvalue weighted by Gasteiger charge is 2.41. The maximum Gasteiger partial charge on any atom is 0.272 e. The van der Waals surface area contributed by atoms with Crippen LogP contribution in [0.3, 0.4) is 0 Å². The summed E-state index contributed by atoms with van der Waals surface area (Å²) in [6, 6.07) is 8.29. The molecule has 0 fully saturated rings. The van der Waals surface area contributed by atoms with Crippen LogP contribution in [0.4, 0.5) is 11.4 Å². The number of nitrogens with zero attached hydrogens (tertiary/aromatic N) is 2. The molecular formula is C21H23N3OS. The van der Waals surface area contributed by atoms with E-state index in [1.165, 1.54) is 16.9 Å². The number of hydrogen-bond donors (Lipinski definition) is 1. The number of fused-ring (bicyclic) bond motifs is 3. The maximum absolute atomic E-state index is 13.5. The summed E-state index contributed by atoms with van der Waals surface area (Å²) in [7, 11) is 0. The van der Waals surface area contributed by atoms with Gasteiger partial charge in [-0.05, 0) is 64.8 Å². The van der Waals surface area contributed by atoms with Gasteiger partial charge in [0.15, 0.2) is 0 Å². The number of benzene rings is 1. The molecule has 2 aromatic heterocycles. The molecule has 134 valence electrons. The first kappa shape index (κ1) is 17.0. The van der Waals surface area contributed by atoms with Gasteiger partial charge in [0.05, 0.1) is 5.69 Å². The van der Waals surface area contributed by atoms with Crippen molar-refractivity contribution >= 4 is 38.8 Å². The Morgan fingerprint density at radius 3 is 2.50 bits per heavy atom. The van der Waals surface area contributed by atoms with E-state index >= 15 is 0 Å². The van der Waals surface area contributed by atoms with E-state index in [2.05, 4.69) is 49.3 Å². The fraction of sp³-hybridized carbons (Fsp3) is 0.333. The van der Waals surface area contributed by atoms with Crippen molar-refractivity contribution in [2.75, 3.05) is 10.2 Å². The van der Waals surface area contributed by atoms with Crippen LogP contribution in [0.25, 0.3) is 10.2 Å². The number of aryl methyl sites for hydroxylation is 4. The van der Waals surface area contributed by atoms with Crippen molar-refractivity contribution < 1.29 is 4.79 Å². The SMILES string of the molecule is Cc1ccc(N2C(=O)c3sc4nc(C)cc(C)c4c3NC2(C)C)c(C)c1. The zero-order chi connectivity index (χ0) is 18.8. The van der Waals surface area contributed by atoms with Gasteiger partial charge in [-0.2, -0.15) is 0 Å². The molecule has 0 aliphatic carbocycles. The van der Waals surface area contributed by atoms with Crippen molar-refractivity contribution in [3.8, 4) is 0 Å². The lowest BCUT2D eigenvalue weighted by atomic mass is 10.0. The van der Waals surface area contributed by atoms with Gasteiger partial charge in [0, 0.05) is 16.8 Å². The van der Waals surface area contributed by atoms with Gasteiger partial charge in [-0.25, -0.2) is 4.98 Å². The monoisotopic (exact) mass is 365 g/mol. The Morgan fingerprint density at radius 2 is 1.81 bits per heavy atom. The third-order valence-electron chi connectivity index (χ3n) is 4.97. The molecule has 1 amide bonds. The Balaban J connectivity index is 1.95. The van der Waals surface area contributed by atoms with Crippen LogP contribution in [-0.2, 0) is 0 Å². The molecule has 3 aromatic rings. The number of carbonyl (C=O) groups excluding carboxylic acids is 1. The smallest absolute Gasteiger partial charge is 0.272 e. The summed E-state index contributed by atoms with van der Waals surface area (Å²) >= 11 is 1.48.